The number of aliphatic hydroxyl groups is 6. The first-order valence-electron chi connectivity index (χ1n) is 18.2. The Kier molecular flexibility index (Phi) is 11.8. The number of benzene rings is 2. The number of aromatic carboxylic acids is 1. The minimum absolute atomic E-state index is 0.0188. The molecule has 11 heteroatoms. The molecule has 2 aliphatic carbocycles. The van der Waals surface area contributed by atoms with Crippen LogP contribution in [0.15, 0.2) is 73.3 Å². The van der Waals surface area contributed by atoms with Crippen LogP contribution in [0, 0.1) is 35.7 Å². The van der Waals surface area contributed by atoms with Crippen LogP contribution in [0.1, 0.15) is 66.4 Å². The molecule has 0 spiro atoms. The van der Waals surface area contributed by atoms with E-state index in [0.29, 0.717) is 31.4 Å². The van der Waals surface area contributed by atoms with Gasteiger partial charge in [-0.05, 0) is 105 Å². The third kappa shape index (κ3) is 8.09. The fraction of sp³-hybridized carbons (Fsp3) is 0.537. The van der Waals surface area contributed by atoms with Crippen molar-refractivity contribution in [3.05, 3.63) is 90.0 Å². The summed E-state index contributed by atoms with van der Waals surface area (Å²) in [5.41, 5.74) is -1.13. The van der Waals surface area contributed by atoms with Crippen LogP contribution in [-0.4, -0.2) is 96.3 Å². The lowest BCUT2D eigenvalue weighted by Crippen LogP contribution is -2.70. The van der Waals surface area contributed by atoms with Crippen molar-refractivity contribution >= 4 is 5.97 Å². The summed E-state index contributed by atoms with van der Waals surface area (Å²) in [7, 11) is 0. The second-order valence-corrected chi connectivity index (χ2v) is 15.0. The van der Waals surface area contributed by atoms with E-state index in [4.69, 9.17) is 14.2 Å². The van der Waals surface area contributed by atoms with Gasteiger partial charge in [-0.2, -0.15) is 0 Å². The highest BCUT2D eigenvalue weighted by molar-refractivity contribution is 5.87. The Balaban J connectivity index is 1.28. The van der Waals surface area contributed by atoms with Crippen LogP contribution < -0.4 is 4.74 Å². The SMILES string of the molecule is C=CCc1ccc(O[C@@H]2O[C@H]3[C@@H](O)[C@H](O)[C@@]2(O)C[C@H]([C@H]2C=C[C@H]4C[C@H](Cc5ccc(C(=O)O)cc5)C[C@]4(O)C2)[C@@H](O)CC#CO[C@@H]3CCCO)cc1. The van der Waals surface area contributed by atoms with E-state index >= 15 is 0 Å². The van der Waals surface area contributed by atoms with Gasteiger partial charge in [0.15, 0.2) is 5.60 Å². The maximum Gasteiger partial charge on any atom is 0.335 e. The van der Waals surface area contributed by atoms with Crippen LogP contribution >= 0.6 is 0 Å². The van der Waals surface area contributed by atoms with Gasteiger partial charge < -0.3 is 50.0 Å². The van der Waals surface area contributed by atoms with E-state index in [1.54, 1.807) is 42.5 Å². The molecule has 12 atom stereocenters. The Hall–Kier alpha value is -3.73. The molecule has 2 bridgehead atoms. The lowest BCUT2D eigenvalue weighted by atomic mass is 9.67. The van der Waals surface area contributed by atoms with Gasteiger partial charge in [0.1, 0.15) is 36.3 Å². The maximum atomic E-state index is 12.5. The second kappa shape index (κ2) is 16.1. The number of rotatable bonds is 11. The Bertz CT molecular complexity index is 1630. The van der Waals surface area contributed by atoms with Crippen molar-refractivity contribution in [1.82, 2.24) is 0 Å². The molecule has 0 aromatic heterocycles. The fourth-order valence-electron chi connectivity index (χ4n) is 8.68. The summed E-state index contributed by atoms with van der Waals surface area (Å²) in [6, 6.07) is 13.9. The lowest BCUT2D eigenvalue weighted by molar-refractivity contribution is -0.334. The molecule has 2 aromatic rings. The zero-order valence-corrected chi connectivity index (χ0v) is 29.2. The fourth-order valence-corrected chi connectivity index (χ4v) is 8.68. The molecule has 5 aliphatic rings. The van der Waals surface area contributed by atoms with Gasteiger partial charge in [-0.3, -0.25) is 0 Å². The molecular formula is C41H50O11. The van der Waals surface area contributed by atoms with E-state index in [0.717, 1.165) is 17.5 Å². The van der Waals surface area contributed by atoms with E-state index in [1.807, 2.05) is 24.3 Å². The summed E-state index contributed by atoms with van der Waals surface area (Å²) in [6.07, 6.45) is 3.34. The Morgan fingerprint density at radius 2 is 1.73 bits per heavy atom. The largest absolute Gasteiger partial charge is 0.478 e. The monoisotopic (exact) mass is 718 g/mol. The summed E-state index contributed by atoms with van der Waals surface area (Å²) in [5, 5.41) is 78.2. The predicted octanol–water partition coefficient (Wildman–Crippen LogP) is 3.14. The molecule has 2 fully saturated rings. The number of fused-ring (bicyclic) bond motifs is 9. The van der Waals surface area contributed by atoms with E-state index in [9.17, 15) is 40.5 Å². The maximum absolute atomic E-state index is 12.5. The van der Waals surface area contributed by atoms with Gasteiger partial charge in [0.25, 0.3) is 0 Å². The van der Waals surface area contributed by atoms with E-state index in [1.165, 1.54) is 0 Å². The molecule has 7 rings (SSSR count). The topological polar surface area (TPSA) is 186 Å². The van der Waals surface area contributed by atoms with Crippen LogP contribution in [0.5, 0.6) is 5.75 Å². The van der Waals surface area contributed by atoms with E-state index in [2.05, 4.69) is 18.6 Å². The average molecular weight is 719 g/mol. The van der Waals surface area contributed by atoms with Gasteiger partial charge in [0.05, 0.1) is 17.3 Å². The molecule has 11 nitrogen and oxygen atoms in total. The van der Waals surface area contributed by atoms with Gasteiger partial charge in [-0.1, -0.05) is 48.4 Å². The highest BCUT2D eigenvalue weighted by Crippen LogP contribution is 2.51. The van der Waals surface area contributed by atoms with Crippen molar-refractivity contribution < 1.29 is 54.8 Å². The molecule has 2 aromatic carbocycles. The Morgan fingerprint density at radius 3 is 2.42 bits per heavy atom. The quantitative estimate of drug-likeness (QED) is 0.134. The van der Waals surface area contributed by atoms with Crippen LogP contribution in [0.3, 0.4) is 0 Å². The second-order valence-electron chi connectivity index (χ2n) is 15.0. The van der Waals surface area contributed by atoms with Gasteiger partial charge >= 0.3 is 5.97 Å². The molecule has 7 N–H and O–H groups in total. The molecule has 280 valence electrons. The van der Waals surface area contributed by atoms with Crippen LogP contribution in [0.4, 0.5) is 0 Å². The van der Waals surface area contributed by atoms with Crippen molar-refractivity contribution in [2.75, 3.05) is 6.61 Å². The standard InChI is InChI=1S/C41H50O11/c1-2-5-25-10-16-31(17-11-25)51-39-41(49)24-32(33(43)6-4-19-50-34(7-3-18-42)36(52-39)35(44)37(41)45)29-14-15-30-21-27(22-40(30,48)23-29)20-26-8-12-28(13-9-26)38(46)47/h2,8-17,27,29-30,32-37,39,42-45,48-49H,1,3,5-7,18,20-24H2,(H,46,47)/t27-,29-,30-,32+,33-,34+,35+,36+,37-,39+,40-,41-/m0/s1. The first-order valence-corrected chi connectivity index (χ1v) is 18.2. The first kappa shape index (κ1) is 38.0. The summed E-state index contributed by atoms with van der Waals surface area (Å²) in [5.74, 6) is 1.03. The molecule has 3 aliphatic heterocycles. The van der Waals surface area contributed by atoms with Crippen molar-refractivity contribution in [3.63, 3.8) is 0 Å². The van der Waals surface area contributed by atoms with Gasteiger partial charge in [-0.25, -0.2) is 4.79 Å². The van der Waals surface area contributed by atoms with Crippen LogP contribution in [0.25, 0.3) is 0 Å². The number of aliphatic hydroxyl groups excluding tert-OH is 4. The third-order valence-electron chi connectivity index (χ3n) is 11.4. The zero-order valence-electron chi connectivity index (χ0n) is 29.2. The molecular weight excluding hydrogens is 668 g/mol. The average Bonchev–Trinajstić information content (AvgIpc) is 3.46. The molecule has 1 saturated heterocycles. The normalized spacial score (nSPS) is 37.0. The molecule has 1 saturated carbocycles. The van der Waals surface area contributed by atoms with Crippen molar-refractivity contribution in [3.8, 4) is 17.8 Å². The van der Waals surface area contributed by atoms with Crippen molar-refractivity contribution in [2.45, 2.75) is 106 Å². The molecule has 0 radical (unpaired) electrons. The summed E-state index contributed by atoms with van der Waals surface area (Å²) < 4.78 is 18.4. The molecule has 52 heavy (non-hydrogen) atoms. The molecule has 0 unspecified atom stereocenters. The predicted molar refractivity (Wildman–Crippen MR) is 190 cm³/mol. The minimum Gasteiger partial charge on any atom is -0.478 e. The van der Waals surface area contributed by atoms with Gasteiger partial charge in [0, 0.05) is 18.9 Å². The number of carbonyl (C=O) groups is 1. The van der Waals surface area contributed by atoms with Crippen LogP contribution in [0.2, 0.25) is 0 Å². The summed E-state index contributed by atoms with van der Waals surface area (Å²) >= 11 is 0. The summed E-state index contributed by atoms with van der Waals surface area (Å²) in [6.45, 7) is 3.62. The van der Waals surface area contributed by atoms with E-state index in [-0.39, 0.29) is 49.7 Å². The zero-order chi connectivity index (χ0) is 37.0. The number of allylic oxidation sites excluding steroid dienone is 2. The number of carboxylic acid groups (broad SMARTS) is 1. The smallest absolute Gasteiger partial charge is 0.335 e. The first-order chi connectivity index (χ1) is 24.9. The van der Waals surface area contributed by atoms with Crippen LogP contribution in [-0.2, 0) is 22.3 Å². The number of carboxylic acids is 1. The number of ether oxygens (including phenoxy) is 3. The molecule has 0 amide bonds. The number of hydrogen-bond acceptors (Lipinski definition) is 10. The highest BCUT2D eigenvalue weighted by Gasteiger charge is 2.60. The highest BCUT2D eigenvalue weighted by atomic mass is 16.7. The Morgan fingerprint density at radius 1 is 1.00 bits per heavy atom. The van der Waals surface area contributed by atoms with Gasteiger partial charge in [-0.15, -0.1) is 6.58 Å². The Labute approximate surface area is 304 Å². The number of hydrogen-bond donors (Lipinski definition) is 7. The third-order valence-corrected chi connectivity index (χ3v) is 11.4. The minimum atomic E-state index is -2.22. The van der Waals surface area contributed by atoms with E-state index < -0.39 is 65.8 Å². The lowest BCUT2D eigenvalue weighted by Gasteiger charge is -2.51. The van der Waals surface area contributed by atoms with Crippen molar-refractivity contribution in [1.29, 1.82) is 0 Å². The molecule has 3 heterocycles. The van der Waals surface area contributed by atoms with Crippen molar-refractivity contribution in [2.24, 2.45) is 23.7 Å². The van der Waals surface area contributed by atoms with Gasteiger partial charge in [0.2, 0.25) is 6.29 Å². The summed E-state index contributed by atoms with van der Waals surface area (Å²) in [4.78, 5) is 11.3.